The van der Waals surface area contributed by atoms with E-state index in [0.29, 0.717) is 10.5 Å². The minimum atomic E-state index is -1.27. The Morgan fingerprint density at radius 2 is 0.514 bits per heavy atom. The molecule has 0 unspecified atom stereocenters. The van der Waals surface area contributed by atoms with E-state index in [2.05, 4.69) is 301 Å². The molecular weight excluding hydrogens is 1750 g/mol. The van der Waals surface area contributed by atoms with Crippen molar-refractivity contribution in [3.63, 3.8) is 0 Å². The van der Waals surface area contributed by atoms with Crippen LogP contribution < -0.4 is 14.7 Å². The van der Waals surface area contributed by atoms with Gasteiger partial charge in [-0.25, -0.2) is 0 Å². The van der Waals surface area contributed by atoms with Crippen molar-refractivity contribution in [1.29, 1.82) is 0 Å². The Morgan fingerprint density at radius 3 is 1.08 bits per heavy atom. The molecule has 0 bridgehead atoms. The summed E-state index contributed by atoms with van der Waals surface area (Å²) < 4.78 is 320. The number of furan rings is 3. The zero-order valence-corrected chi connectivity index (χ0v) is 76.0. The van der Waals surface area contributed by atoms with Gasteiger partial charge in [0, 0.05) is 72.0 Å². The van der Waals surface area contributed by atoms with Crippen LogP contribution in [0, 0.1) is 0 Å². The van der Waals surface area contributed by atoms with E-state index < -0.39 is 264 Å². The van der Waals surface area contributed by atoms with Gasteiger partial charge in [-0.2, -0.15) is 0 Å². The van der Waals surface area contributed by atoms with Crippen molar-refractivity contribution in [1.82, 2.24) is 0 Å². The molecule has 25 aromatic carbocycles. The maximum absolute atomic E-state index is 9.89. The Hall–Kier alpha value is -19.1. The first-order valence-corrected chi connectivity index (χ1v) is 46.4. The summed E-state index contributed by atoms with van der Waals surface area (Å²) in [5.74, 6) is 0. The van der Waals surface area contributed by atoms with Gasteiger partial charge >= 0.3 is 0 Å². The maximum atomic E-state index is 9.89. The number of benzene rings is 25. The van der Waals surface area contributed by atoms with E-state index in [-0.39, 0.29) is 29.7 Å². The summed E-state index contributed by atoms with van der Waals surface area (Å²) in [6.45, 7) is 0. The van der Waals surface area contributed by atoms with Crippen molar-refractivity contribution in [3.8, 4) is 77.9 Å². The van der Waals surface area contributed by atoms with Crippen LogP contribution in [0.2, 0.25) is 0 Å². The molecule has 0 saturated carbocycles. The summed E-state index contributed by atoms with van der Waals surface area (Å²) in [5, 5.41) is 9.41. The highest BCUT2D eigenvalue weighted by atomic mass is 16.3. The highest BCUT2D eigenvalue weighted by Gasteiger charge is 2.28. The average molecular weight is 1870 g/mol. The molecular formula is C138H91N3O3. The van der Waals surface area contributed by atoms with E-state index in [1.807, 2.05) is 54.6 Å². The van der Waals surface area contributed by atoms with Gasteiger partial charge in [-0.1, -0.05) is 442 Å². The number of anilines is 9. The predicted molar refractivity (Wildman–Crippen MR) is 608 cm³/mol. The maximum Gasteiger partial charge on any atom is 0.145 e. The first-order chi connectivity index (χ1) is 85.6. The molecule has 28 rings (SSSR count). The second-order valence-corrected chi connectivity index (χ2v) is 34.2. The van der Waals surface area contributed by atoms with E-state index in [1.165, 1.54) is 43.8 Å². The third-order valence-electron chi connectivity index (χ3n) is 25.9. The molecule has 0 saturated heterocycles. The predicted octanol–water partition coefficient (Wildman–Crippen LogP) is 39.8. The fraction of sp³-hybridized carbons (Fsp3) is 0. The molecule has 28 aromatic rings. The Bertz CT molecular complexity index is 11800. The van der Waals surface area contributed by atoms with Crippen LogP contribution >= 0.6 is 0 Å². The summed E-state index contributed by atoms with van der Waals surface area (Å²) in [4.78, 5) is 5.02. The molecule has 3 heterocycles. The first-order valence-electron chi connectivity index (χ1n) is 63.4. The molecule has 0 radical (unpaired) electrons. The summed E-state index contributed by atoms with van der Waals surface area (Å²) in [5.41, 5.74) is 11.2. The lowest BCUT2D eigenvalue weighted by Gasteiger charge is -2.27. The lowest BCUT2D eigenvalue weighted by Crippen LogP contribution is -2.10. The van der Waals surface area contributed by atoms with Crippen molar-refractivity contribution in [3.05, 3.63) is 551 Å². The SMILES string of the molecule is [2H]c1c([2H])c([2H])c(-c2c([2H])c([2H])c(N(c3c([2H])c([2H])c(-c4c([2H])c([2H])c5c([2H])c([2H])c([2H])c([2H])c5c4[2H])c([2H])c3[2H])c3c([2H])c4c([2H])c([2H])c([2H])c([2H])c4c4oc5c([2H])c([2H])c([2H])c([2H])c5c34)c([2H])c2[2H])c([2H])c1[2H].[2H]c1c([2H])c([2H])c(-c2ccc(N(c3ccc(-c4cccc5ccccc45)cc3)c3cc4ccccc4c4oc5ccccc5c34)cc2)c([2H])c1[2H].c1ccc(-c2ccc(N(c3ccc(-c4cccc5ccccc45)cc3)c3cc4ccccc4c4oc5c(-c6ccccc6)cccc5c34)cc2)cc1. The van der Waals surface area contributed by atoms with Crippen LogP contribution in [-0.2, 0) is 0 Å². The number of rotatable bonds is 16. The summed E-state index contributed by atoms with van der Waals surface area (Å²) in [6.07, 6.45) is 0. The van der Waals surface area contributed by atoms with Gasteiger partial charge < -0.3 is 28.0 Å². The zero-order chi connectivity index (χ0) is 125. The third-order valence-corrected chi connectivity index (χ3v) is 25.9. The van der Waals surface area contributed by atoms with Crippen LogP contribution in [0.4, 0.5) is 51.2 Å². The molecule has 3 aromatic heterocycles. The lowest BCUT2D eigenvalue weighted by molar-refractivity contribution is 0.672. The zero-order valence-electron chi connectivity index (χ0n) is 110. The largest absolute Gasteiger partial charge is 0.455 e. The number of hydrogen-bond donors (Lipinski definition) is 0. The molecule has 6 nitrogen and oxygen atoms in total. The van der Waals surface area contributed by atoms with E-state index in [4.69, 9.17) is 47.5 Å². The molecule has 0 fully saturated rings. The average Bonchev–Trinajstić information content (AvgIpc) is 1.46. The Morgan fingerprint density at radius 1 is 0.160 bits per heavy atom. The van der Waals surface area contributed by atoms with Gasteiger partial charge in [0.25, 0.3) is 0 Å². The molecule has 6 heteroatoms. The van der Waals surface area contributed by atoms with Crippen LogP contribution in [0.25, 0.3) is 208 Å². The smallest absolute Gasteiger partial charge is 0.145 e. The summed E-state index contributed by atoms with van der Waals surface area (Å²) in [7, 11) is 0. The summed E-state index contributed by atoms with van der Waals surface area (Å²) in [6, 6.07) is 90.3. The summed E-state index contributed by atoms with van der Waals surface area (Å²) >= 11 is 0. The fourth-order valence-corrected chi connectivity index (χ4v) is 19.2. The minimum Gasteiger partial charge on any atom is -0.455 e. The van der Waals surface area contributed by atoms with Crippen molar-refractivity contribution >= 4 is 182 Å². The Labute approximate surface area is 881 Å². The normalized spacial score (nSPS) is 14.8. The topological polar surface area (TPSA) is 49.1 Å². The van der Waals surface area contributed by atoms with Gasteiger partial charge in [0.2, 0.25) is 0 Å². The van der Waals surface area contributed by atoms with Gasteiger partial charge in [0.1, 0.15) is 33.5 Å². The van der Waals surface area contributed by atoms with Gasteiger partial charge in [-0.15, -0.1) is 0 Å². The first kappa shape index (κ1) is 56.7. The van der Waals surface area contributed by atoms with Gasteiger partial charge in [0.05, 0.1) is 79.8 Å². The quantitative estimate of drug-likeness (QED) is 0.0961. The number of hydrogen-bond acceptors (Lipinski definition) is 6. The highest BCUT2D eigenvalue weighted by Crippen LogP contribution is 2.53. The second-order valence-electron chi connectivity index (χ2n) is 34.2. The van der Waals surface area contributed by atoms with Crippen molar-refractivity contribution < 1.29 is 59.9 Å². The molecule has 676 valence electrons. The minimum absolute atomic E-state index is 0.174. The Kier molecular flexibility index (Phi) is 14.6. The van der Waals surface area contributed by atoms with Crippen LogP contribution in [0.3, 0.4) is 0 Å². The molecule has 0 atom stereocenters. The number of nitrogens with zero attached hydrogens (tertiary/aromatic N) is 3. The number of para-hydroxylation sites is 3. The molecule has 0 amide bonds. The fourth-order valence-electron chi connectivity index (χ4n) is 19.2. The van der Waals surface area contributed by atoms with E-state index in [0.717, 1.165) is 122 Å². The molecule has 0 aliphatic rings. The van der Waals surface area contributed by atoms with Gasteiger partial charge in [0.15, 0.2) is 0 Å². The van der Waals surface area contributed by atoms with Crippen molar-refractivity contribution in [2.75, 3.05) is 14.7 Å². The standard InChI is InChI=1S/C50H33NO.2C44H29NO/c1-3-13-34(14-4-1)35-25-29-40(30-26-35)51(41-31-27-38(28-32-41)43-22-11-19-36-17-7-9-20-42(36)43)47-33-39-18-8-10-21-45(39)50-48(47)46-24-12-23-44(49(46)52-50)37-15-5-2-6-16-37;1-2-11-30(12-3-1)31-21-25-35(26-22-31)45(36-27-23-33(24-28-36)38-19-10-15-32-13-4-6-16-37(32)38)41-29-34-14-5-7-17-39(34)44-43(41)40-18-8-9-20-42(40)46-44;1-2-10-30(11-3-1)32-20-24-37(25-21-32)45(38-26-22-33(23-27-38)35-19-18-31-12-4-5-13-34(31)28-35)41-29-36-14-6-7-15-39(36)44-43(41)40-16-8-9-17-42(40)46-44/h1-33H;2*1-29H/i;1D,2D,3D,11D,12D;1D,2D,3D,4D,5D,6D,7D,8D,9D,10D,11D,12D,13D,14D,15D,16D,17D,18D,19D,20D,21D,22D,23D,24D,25D,26D,27D,28D,29D. The van der Waals surface area contributed by atoms with Gasteiger partial charge in [-0.3, -0.25) is 0 Å². The van der Waals surface area contributed by atoms with E-state index >= 15 is 0 Å². The molecule has 0 aliphatic carbocycles. The highest BCUT2D eigenvalue weighted by molar-refractivity contribution is 6.26. The van der Waals surface area contributed by atoms with Crippen LogP contribution in [0.15, 0.2) is 564 Å². The van der Waals surface area contributed by atoms with E-state index in [1.54, 1.807) is 0 Å². The molecule has 0 aliphatic heterocycles. The lowest BCUT2D eigenvalue weighted by atomic mass is 9.97. The van der Waals surface area contributed by atoms with E-state index in [9.17, 15) is 12.3 Å². The van der Waals surface area contributed by atoms with Crippen molar-refractivity contribution in [2.45, 2.75) is 0 Å². The molecule has 0 spiro atoms. The van der Waals surface area contributed by atoms with Gasteiger partial charge in [-0.05, 0) is 230 Å². The Balaban J connectivity index is 0.000000132. The monoisotopic (exact) mass is 1870 g/mol. The van der Waals surface area contributed by atoms with Crippen molar-refractivity contribution in [2.24, 2.45) is 0 Å². The molecule has 0 N–H and O–H groups in total. The molecule has 144 heavy (non-hydrogen) atoms. The number of fused-ring (bicyclic) bond motifs is 18. The second kappa shape index (κ2) is 37.0. The van der Waals surface area contributed by atoms with Crippen LogP contribution in [0.5, 0.6) is 0 Å². The van der Waals surface area contributed by atoms with Crippen LogP contribution in [0.1, 0.15) is 46.6 Å². The third kappa shape index (κ3) is 15.8. The van der Waals surface area contributed by atoms with Crippen LogP contribution in [-0.4, -0.2) is 0 Å².